The highest BCUT2D eigenvalue weighted by Gasteiger charge is 2.46. The molecule has 0 fully saturated rings. The molecule has 3 amide bonds. The molecule has 2 aromatic carbocycles. The number of anilines is 2. The van der Waals surface area contributed by atoms with Gasteiger partial charge in [0.25, 0.3) is 11.8 Å². The first-order valence-corrected chi connectivity index (χ1v) is 16.1. The standard InChI is InChI=1S/C30H40BN3O6Si/c1-20(2)41(21(3)4,22(5)6)40-19-27(35)33-16-24(32-30(31)38)29(37)34(26-15-11-10-14-25(26)33)17-28(36)39-18-23-12-8-7-9-13-23/h7-15,20-22,24H,16-19H2,1-6H3,(H,32,38)/t24-/m0/s1. The molecule has 0 bridgehead atoms. The van der Waals surface area contributed by atoms with Gasteiger partial charge in [0.2, 0.25) is 16.2 Å². The quantitative estimate of drug-likeness (QED) is 0.311. The van der Waals surface area contributed by atoms with Crippen molar-refractivity contribution in [2.45, 2.75) is 70.8 Å². The number of carbonyl (C=O) groups excluding carboxylic acids is 4. The molecule has 3 rings (SSSR count). The number of rotatable bonds is 11. The Bertz CT molecular complexity index is 1220. The Hall–Kier alpha value is -3.44. The predicted octanol–water partition coefficient (Wildman–Crippen LogP) is 4.55. The summed E-state index contributed by atoms with van der Waals surface area (Å²) in [6, 6.07) is 14.8. The van der Waals surface area contributed by atoms with Gasteiger partial charge >= 0.3 is 5.97 Å². The van der Waals surface area contributed by atoms with E-state index in [1.807, 2.05) is 30.3 Å². The van der Waals surface area contributed by atoms with Crippen LogP contribution >= 0.6 is 0 Å². The lowest BCUT2D eigenvalue weighted by molar-refractivity contribution is -0.144. The third kappa shape index (κ3) is 7.45. The zero-order valence-electron chi connectivity index (χ0n) is 24.8. The van der Waals surface area contributed by atoms with Crippen molar-refractivity contribution < 1.29 is 28.3 Å². The molecule has 0 unspecified atom stereocenters. The van der Waals surface area contributed by atoms with Gasteiger partial charge in [0, 0.05) is 0 Å². The molecule has 0 saturated carbocycles. The summed E-state index contributed by atoms with van der Waals surface area (Å²) >= 11 is 0. The molecule has 0 aromatic heterocycles. The molecule has 218 valence electrons. The van der Waals surface area contributed by atoms with Crippen LogP contribution in [0.1, 0.15) is 47.1 Å². The molecule has 9 nitrogen and oxygen atoms in total. The van der Waals surface area contributed by atoms with Gasteiger partial charge in [-0.1, -0.05) is 84.0 Å². The monoisotopic (exact) mass is 577 g/mol. The fraction of sp³-hybridized carbons (Fsp3) is 0.467. The fourth-order valence-corrected chi connectivity index (χ4v) is 11.3. The van der Waals surface area contributed by atoms with Crippen molar-refractivity contribution in [3.63, 3.8) is 0 Å². The maximum absolute atomic E-state index is 13.8. The van der Waals surface area contributed by atoms with E-state index in [-0.39, 0.29) is 42.3 Å². The van der Waals surface area contributed by atoms with Crippen LogP contribution in [0.5, 0.6) is 0 Å². The van der Waals surface area contributed by atoms with Gasteiger partial charge in [-0.25, -0.2) is 0 Å². The molecule has 0 spiro atoms. The van der Waals surface area contributed by atoms with Gasteiger partial charge in [-0.3, -0.25) is 24.1 Å². The number of nitrogens with one attached hydrogen (secondary N) is 1. The van der Waals surface area contributed by atoms with Gasteiger partial charge in [-0.15, -0.1) is 0 Å². The van der Waals surface area contributed by atoms with Crippen LogP contribution in [-0.4, -0.2) is 65.5 Å². The van der Waals surface area contributed by atoms with E-state index < -0.39 is 38.6 Å². The average molecular weight is 578 g/mol. The number of nitrogens with zero attached hydrogens (tertiary/aromatic N) is 2. The van der Waals surface area contributed by atoms with Gasteiger partial charge in [0.05, 0.1) is 17.9 Å². The molecule has 1 aliphatic rings. The van der Waals surface area contributed by atoms with E-state index >= 15 is 0 Å². The first kappa shape index (κ1) is 32.1. The van der Waals surface area contributed by atoms with Crippen molar-refractivity contribution in [2.24, 2.45) is 0 Å². The molecule has 11 heteroatoms. The van der Waals surface area contributed by atoms with Crippen molar-refractivity contribution in [3.8, 4) is 0 Å². The predicted molar refractivity (Wildman–Crippen MR) is 162 cm³/mol. The number of amides is 3. The zero-order chi connectivity index (χ0) is 30.3. The largest absolute Gasteiger partial charge is 0.459 e. The van der Waals surface area contributed by atoms with E-state index in [2.05, 4.69) is 46.9 Å². The van der Waals surface area contributed by atoms with Gasteiger partial charge in [0.15, 0.2) is 5.81 Å². The van der Waals surface area contributed by atoms with Crippen LogP contribution in [-0.2, 0) is 30.2 Å². The van der Waals surface area contributed by atoms with E-state index in [1.54, 1.807) is 24.3 Å². The number of ether oxygens (including phenoxy) is 1. The van der Waals surface area contributed by atoms with E-state index in [1.165, 1.54) is 9.80 Å². The van der Waals surface area contributed by atoms with Gasteiger partial charge in [0.1, 0.15) is 25.8 Å². The normalized spacial score (nSPS) is 15.6. The summed E-state index contributed by atoms with van der Waals surface area (Å²) in [7, 11) is 3.04. The fourth-order valence-electron chi connectivity index (χ4n) is 5.94. The molecular weight excluding hydrogens is 537 g/mol. The van der Waals surface area contributed by atoms with Crippen LogP contribution in [0.15, 0.2) is 54.6 Å². The van der Waals surface area contributed by atoms with Crippen LogP contribution in [0.25, 0.3) is 0 Å². The van der Waals surface area contributed by atoms with Gasteiger partial charge in [-0.05, 0) is 34.3 Å². The number of esters is 1. The zero-order valence-corrected chi connectivity index (χ0v) is 25.8. The SMILES string of the molecule is [B]C(=O)N[C@H]1CN(C(=O)CO[Si](C(C)C)(C(C)C)C(C)C)c2ccccc2N(CC(=O)OCc2ccccc2)C1=O. The van der Waals surface area contributed by atoms with E-state index in [0.29, 0.717) is 11.4 Å². The second-order valence-electron chi connectivity index (χ2n) is 11.2. The lowest BCUT2D eigenvalue weighted by atomic mass is 10.1. The number of hydrogen-bond donors (Lipinski definition) is 1. The van der Waals surface area contributed by atoms with Crippen molar-refractivity contribution in [1.29, 1.82) is 0 Å². The van der Waals surface area contributed by atoms with Gasteiger partial charge < -0.3 is 19.4 Å². The lowest BCUT2D eigenvalue weighted by Gasteiger charge is -2.42. The molecule has 0 aliphatic carbocycles. The molecule has 41 heavy (non-hydrogen) atoms. The Morgan fingerprint density at radius 2 is 1.49 bits per heavy atom. The molecule has 1 N–H and O–H groups in total. The third-order valence-electron chi connectivity index (χ3n) is 7.69. The summed E-state index contributed by atoms with van der Waals surface area (Å²) in [5.41, 5.74) is 2.39. The lowest BCUT2D eigenvalue weighted by Crippen LogP contribution is -2.54. The van der Waals surface area contributed by atoms with Crippen molar-refractivity contribution in [1.82, 2.24) is 5.32 Å². The average Bonchev–Trinajstić information content (AvgIpc) is 3.02. The highest BCUT2D eigenvalue weighted by atomic mass is 28.4. The second kappa shape index (κ2) is 14.0. The van der Waals surface area contributed by atoms with Crippen molar-refractivity contribution in [2.75, 3.05) is 29.5 Å². The summed E-state index contributed by atoms with van der Waals surface area (Å²) < 4.78 is 12.0. The molecule has 2 aromatic rings. The number of hydrogen-bond acceptors (Lipinski definition) is 6. The first-order valence-electron chi connectivity index (χ1n) is 14.0. The topological polar surface area (TPSA) is 105 Å². The Morgan fingerprint density at radius 1 is 0.927 bits per heavy atom. The molecule has 2 radical (unpaired) electrons. The Kier molecular flexibility index (Phi) is 10.9. The highest BCUT2D eigenvalue weighted by molar-refractivity contribution is 6.77. The van der Waals surface area contributed by atoms with Crippen LogP contribution in [0.2, 0.25) is 16.6 Å². The summed E-state index contributed by atoms with van der Waals surface area (Å²) in [5.74, 6) is -2.50. The maximum atomic E-state index is 13.8. The highest BCUT2D eigenvalue weighted by Crippen LogP contribution is 2.42. The Balaban J connectivity index is 1.92. The summed E-state index contributed by atoms with van der Waals surface area (Å²) in [6.07, 6.45) is 0. The Labute approximate surface area is 245 Å². The summed E-state index contributed by atoms with van der Waals surface area (Å²) in [6.45, 7) is 12.1. The summed E-state index contributed by atoms with van der Waals surface area (Å²) in [5, 5.41) is 2.45. The van der Waals surface area contributed by atoms with Crippen LogP contribution < -0.4 is 15.1 Å². The Morgan fingerprint density at radius 3 is 2.05 bits per heavy atom. The number of carbonyl (C=O) groups is 4. The van der Waals surface area contributed by atoms with Crippen LogP contribution in [0.4, 0.5) is 16.2 Å². The number of fused-ring (bicyclic) bond motifs is 1. The van der Waals surface area contributed by atoms with E-state index in [9.17, 15) is 19.2 Å². The van der Waals surface area contributed by atoms with Crippen LogP contribution in [0.3, 0.4) is 0 Å². The molecule has 1 atom stereocenters. The minimum atomic E-state index is -2.36. The minimum Gasteiger partial charge on any atom is -0.459 e. The smallest absolute Gasteiger partial charge is 0.326 e. The van der Waals surface area contributed by atoms with Crippen molar-refractivity contribution in [3.05, 3.63) is 60.2 Å². The van der Waals surface area contributed by atoms with Gasteiger partial charge in [-0.2, -0.15) is 0 Å². The van der Waals surface area contributed by atoms with Crippen molar-refractivity contribution >= 4 is 51.1 Å². The number of para-hydroxylation sites is 2. The maximum Gasteiger partial charge on any atom is 0.326 e. The van der Waals surface area contributed by atoms with E-state index in [4.69, 9.17) is 17.0 Å². The second-order valence-corrected chi connectivity index (χ2v) is 16.7. The minimum absolute atomic E-state index is 0.0431. The molecule has 1 aliphatic heterocycles. The van der Waals surface area contributed by atoms with E-state index in [0.717, 1.165) is 5.56 Å². The summed E-state index contributed by atoms with van der Waals surface area (Å²) in [4.78, 5) is 54.9. The van der Waals surface area contributed by atoms with Crippen LogP contribution in [0, 0.1) is 0 Å². The molecule has 0 saturated heterocycles. The third-order valence-corrected chi connectivity index (χ3v) is 13.8. The first-order chi connectivity index (χ1) is 19.4. The molecule has 1 heterocycles. The molecular formula is C30H40BN3O6Si. The number of benzene rings is 2.